The molecule has 2 heterocycles. The molecule has 4 aliphatic rings. The maximum absolute atomic E-state index is 5.73. The van der Waals surface area contributed by atoms with Gasteiger partial charge in [-0.25, -0.2) is 0 Å². The van der Waals surface area contributed by atoms with Crippen LogP contribution in [0, 0.1) is 0 Å². The summed E-state index contributed by atoms with van der Waals surface area (Å²) in [6.07, 6.45) is 14.0. The van der Waals surface area contributed by atoms with Gasteiger partial charge >= 0.3 is 0 Å². The number of nitrogens with one attached hydrogen (secondary N) is 1. The first kappa shape index (κ1) is 13.5. The van der Waals surface area contributed by atoms with Crippen molar-refractivity contribution in [2.75, 3.05) is 26.3 Å². The second-order valence-corrected chi connectivity index (χ2v) is 7.77. The van der Waals surface area contributed by atoms with Gasteiger partial charge in [-0.05, 0) is 32.1 Å². The van der Waals surface area contributed by atoms with E-state index in [0.29, 0.717) is 17.1 Å². The predicted octanol–water partition coefficient (Wildman–Crippen LogP) is 2.70. The smallest absolute Gasteiger partial charge is 0.0622 e. The molecule has 0 aromatic carbocycles. The second kappa shape index (κ2) is 5.26. The molecule has 3 heteroatoms. The van der Waals surface area contributed by atoms with Crippen LogP contribution in [0.1, 0.15) is 64.2 Å². The van der Waals surface area contributed by atoms with Crippen LogP contribution in [0.15, 0.2) is 0 Å². The number of rotatable bonds is 1. The Hall–Kier alpha value is -0.120. The van der Waals surface area contributed by atoms with Gasteiger partial charge in [-0.15, -0.1) is 0 Å². The van der Waals surface area contributed by atoms with Gasteiger partial charge in [0.2, 0.25) is 0 Å². The number of nitrogens with zero attached hydrogens (tertiary/aromatic N) is 1. The van der Waals surface area contributed by atoms with E-state index >= 15 is 0 Å². The molecule has 2 aliphatic heterocycles. The molecule has 0 aromatic rings. The van der Waals surface area contributed by atoms with E-state index < -0.39 is 0 Å². The fourth-order valence-corrected chi connectivity index (χ4v) is 5.35. The molecule has 2 spiro atoms. The van der Waals surface area contributed by atoms with Gasteiger partial charge < -0.3 is 10.1 Å². The van der Waals surface area contributed by atoms with Crippen molar-refractivity contribution < 1.29 is 4.74 Å². The summed E-state index contributed by atoms with van der Waals surface area (Å²) in [5, 5.41) is 4.03. The van der Waals surface area contributed by atoms with Crippen molar-refractivity contribution >= 4 is 0 Å². The third kappa shape index (κ3) is 2.22. The first-order valence-corrected chi connectivity index (χ1v) is 8.92. The predicted molar refractivity (Wildman–Crippen MR) is 80.9 cm³/mol. The number of hydrogen-bond donors (Lipinski definition) is 1. The van der Waals surface area contributed by atoms with Crippen LogP contribution < -0.4 is 5.32 Å². The van der Waals surface area contributed by atoms with Gasteiger partial charge in [-0.2, -0.15) is 0 Å². The van der Waals surface area contributed by atoms with Crippen LogP contribution >= 0.6 is 0 Å². The van der Waals surface area contributed by atoms with E-state index in [4.69, 9.17) is 4.74 Å². The summed E-state index contributed by atoms with van der Waals surface area (Å²) in [5.74, 6) is 0. The van der Waals surface area contributed by atoms with Gasteiger partial charge in [0.25, 0.3) is 0 Å². The molecule has 0 amide bonds. The summed E-state index contributed by atoms with van der Waals surface area (Å²) in [4.78, 5) is 2.93. The first-order chi connectivity index (χ1) is 9.82. The van der Waals surface area contributed by atoms with Crippen molar-refractivity contribution in [3.63, 3.8) is 0 Å². The van der Waals surface area contributed by atoms with Crippen LogP contribution in [-0.4, -0.2) is 48.3 Å². The third-order valence-electron chi connectivity index (χ3n) is 6.57. The molecule has 1 atom stereocenters. The summed E-state index contributed by atoms with van der Waals surface area (Å²) in [6, 6.07) is 0.702. The highest BCUT2D eigenvalue weighted by molar-refractivity contribution is 5.09. The monoisotopic (exact) mass is 278 g/mol. The molecule has 2 saturated carbocycles. The highest BCUT2D eigenvalue weighted by atomic mass is 16.5. The van der Waals surface area contributed by atoms with Crippen LogP contribution in [0.5, 0.6) is 0 Å². The highest BCUT2D eigenvalue weighted by Crippen LogP contribution is 2.43. The molecule has 0 radical (unpaired) electrons. The number of ether oxygens (including phenoxy) is 1. The Morgan fingerprint density at radius 1 is 0.950 bits per heavy atom. The molecule has 20 heavy (non-hydrogen) atoms. The van der Waals surface area contributed by atoms with E-state index in [-0.39, 0.29) is 0 Å². The topological polar surface area (TPSA) is 24.5 Å². The lowest BCUT2D eigenvalue weighted by Gasteiger charge is -2.57. The Kier molecular flexibility index (Phi) is 3.56. The quantitative estimate of drug-likeness (QED) is 0.798. The molecule has 4 rings (SSSR count). The Morgan fingerprint density at radius 3 is 2.40 bits per heavy atom. The van der Waals surface area contributed by atoms with Crippen molar-refractivity contribution in [2.45, 2.75) is 81.3 Å². The van der Waals surface area contributed by atoms with Crippen LogP contribution in [0.2, 0.25) is 0 Å². The Bertz CT molecular complexity index is 339. The molecule has 2 saturated heterocycles. The summed E-state index contributed by atoms with van der Waals surface area (Å²) >= 11 is 0. The summed E-state index contributed by atoms with van der Waals surface area (Å²) in [6.45, 7) is 4.50. The zero-order chi connectivity index (χ0) is 13.5. The molecule has 4 fully saturated rings. The molecule has 2 aliphatic carbocycles. The lowest BCUT2D eigenvalue weighted by molar-refractivity contribution is -0.0480. The van der Waals surface area contributed by atoms with Crippen LogP contribution in [0.3, 0.4) is 0 Å². The second-order valence-electron chi connectivity index (χ2n) is 7.77. The average Bonchev–Trinajstić information content (AvgIpc) is 3.16. The van der Waals surface area contributed by atoms with Gasteiger partial charge in [0.1, 0.15) is 0 Å². The Balaban J connectivity index is 1.58. The van der Waals surface area contributed by atoms with Gasteiger partial charge in [0, 0.05) is 36.8 Å². The molecule has 1 N–H and O–H groups in total. The van der Waals surface area contributed by atoms with Crippen LogP contribution in [0.4, 0.5) is 0 Å². The SMILES string of the molecule is C1CCC2(CC1)CNC1(CCCC1)CN2C1CCOC1. The van der Waals surface area contributed by atoms with E-state index in [9.17, 15) is 0 Å². The van der Waals surface area contributed by atoms with E-state index in [1.54, 1.807) is 0 Å². The Labute approximate surface area is 123 Å². The van der Waals surface area contributed by atoms with Crippen molar-refractivity contribution in [3.05, 3.63) is 0 Å². The first-order valence-electron chi connectivity index (χ1n) is 8.92. The van der Waals surface area contributed by atoms with E-state index in [1.165, 1.54) is 77.3 Å². The van der Waals surface area contributed by atoms with Gasteiger partial charge in [-0.1, -0.05) is 32.1 Å². The van der Waals surface area contributed by atoms with Crippen molar-refractivity contribution in [3.8, 4) is 0 Å². The maximum Gasteiger partial charge on any atom is 0.0622 e. The summed E-state index contributed by atoms with van der Waals surface area (Å²) in [5.41, 5.74) is 0.912. The van der Waals surface area contributed by atoms with Crippen LogP contribution in [-0.2, 0) is 4.74 Å². The minimum atomic E-state index is 0.450. The normalized spacial score (nSPS) is 36.9. The van der Waals surface area contributed by atoms with Crippen molar-refractivity contribution in [2.24, 2.45) is 0 Å². The Morgan fingerprint density at radius 2 is 1.70 bits per heavy atom. The molecule has 0 aromatic heterocycles. The summed E-state index contributed by atoms with van der Waals surface area (Å²) in [7, 11) is 0. The van der Waals surface area contributed by atoms with E-state index in [2.05, 4.69) is 10.2 Å². The number of hydrogen-bond acceptors (Lipinski definition) is 3. The fraction of sp³-hybridized carbons (Fsp3) is 1.00. The fourth-order valence-electron chi connectivity index (χ4n) is 5.35. The van der Waals surface area contributed by atoms with E-state index in [1.807, 2.05) is 0 Å². The largest absolute Gasteiger partial charge is 0.380 e. The van der Waals surface area contributed by atoms with E-state index in [0.717, 1.165) is 13.2 Å². The molecule has 0 bridgehead atoms. The van der Waals surface area contributed by atoms with Crippen molar-refractivity contribution in [1.82, 2.24) is 10.2 Å². The molecule has 3 nitrogen and oxygen atoms in total. The standard InChI is InChI=1S/C17H30N2O/c1-2-9-17(10-3-1)13-18-16(7-4-5-8-16)14-19(17)15-6-11-20-12-15/h15,18H,1-14H2. The molecule has 1 unspecified atom stereocenters. The lowest BCUT2D eigenvalue weighted by Crippen LogP contribution is -2.71. The van der Waals surface area contributed by atoms with Crippen molar-refractivity contribution in [1.29, 1.82) is 0 Å². The summed E-state index contributed by atoms with van der Waals surface area (Å²) < 4.78 is 5.73. The zero-order valence-corrected chi connectivity index (χ0v) is 12.8. The van der Waals surface area contributed by atoms with Gasteiger partial charge in [0.05, 0.1) is 6.61 Å². The van der Waals surface area contributed by atoms with Crippen LogP contribution in [0.25, 0.3) is 0 Å². The maximum atomic E-state index is 5.73. The molecule has 114 valence electrons. The highest BCUT2D eigenvalue weighted by Gasteiger charge is 2.50. The minimum Gasteiger partial charge on any atom is -0.380 e. The minimum absolute atomic E-state index is 0.450. The third-order valence-corrected chi connectivity index (χ3v) is 6.57. The molecular formula is C17H30N2O. The average molecular weight is 278 g/mol. The van der Waals surface area contributed by atoms with Gasteiger partial charge in [-0.3, -0.25) is 4.90 Å². The van der Waals surface area contributed by atoms with Gasteiger partial charge in [0.15, 0.2) is 0 Å². The zero-order valence-electron chi connectivity index (χ0n) is 12.8. The lowest BCUT2D eigenvalue weighted by atomic mass is 9.75. The number of piperazine rings is 1. The molecular weight excluding hydrogens is 248 g/mol.